The minimum absolute atomic E-state index is 0.0635. The Morgan fingerprint density at radius 2 is 1.72 bits per heavy atom. The van der Waals surface area contributed by atoms with Crippen LogP contribution in [0.2, 0.25) is 0 Å². The number of hydrogen-bond acceptors (Lipinski definition) is 7. The summed E-state index contributed by atoms with van der Waals surface area (Å²) in [6.45, 7) is 5.24. The molecule has 1 aromatic heterocycles. The summed E-state index contributed by atoms with van der Waals surface area (Å²) in [5.41, 5.74) is 3.99. The van der Waals surface area contributed by atoms with E-state index >= 15 is 0 Å². The highest BCUT2D eigenvalue weighted by Gasteiger charge is 2.48. The third-order valence-electron chi connectivity index (χ3n) is 5.66. The topological polar surface area (TPSA) is 132 Å². The Balaban J connectivity index is 1.74. The average Bonchev–Trinajstić information content (AvgIpc) is 2.85. The third-order valence-corrected chi connectivity index (χ3v) is 5.66. The number of carbonyl (C=O) groups excluding carboxylic acids is 2. The van der Waals surface area contributed by atoms with Crippen molar-refractivity contribution in [3.05, 3.63) is 74.9 Å². The Kier molecular flexibility index (Phi) is 8.31. The maximum absolute atomic E-state index is 12.8. The van der Waals surface area contributed by atoms with Gasteiger partial charge in [-0.25, -0.2) is 9.59 Å². The second-order valence-electron chi connectivity index (χ2n) is 8.56. The molecule has 0 spiro atoms. The maximum Gasteiger partial charge on any atom is 0.348 e. The first-order valence-electron chi connectivity index (χ1n) is 11.7. The normalized spacial score (nSPS) is 12.9. The Hall–Kier alpha value is -3.92. The molecular formula is C26H31N3O7. The summed E-state index contributed by atoms with van der Waals surface area (Å²) in [4.78, 5) is 50.3. The number of aromatic nitrogens is 2. The van der Waals surface area contributed by atoms with E-state index in [4.69, 9.17) is 19.9 Å². The molecule has 0 bridgehead atoms. The lowest BCUT2D eigenvalue weighted by Crippen LogP contribution is -2.56. The van der Waals surface area contributed by atoms with E-state index < -0.39 is 29.3 Å². The second kappa shape index (κ2) is 11.2. The van der Waals surface area contributed by atoms with Crippen molar-refractivity contribution in [2.45, 2.75) is 45.4 Å². The van der Waals surface area contributed by atoms with E-state index in [9.17, 15) is 19.2 Å². The van der Waals surface area contributed by atoms with Gasteiger partial charge in [-0.05, 0) is 50.6 Å². The summed E-state index contributed by atoms with van der Waals surface area (Å²) in [7, 11) is 1.62. The lowest BCUT2D eigenvalue weighted by Gasteiger charge is -2.30. The molecule has 0 radical (unpaired) electrons. The largest absolute Gasteiger partial charge is 0.492 e. The molecule has 10 heteroatoms. The van der Waals surface area contributed by atoms with Crippen molar-refractivity contribution in [1.29, 1.82) is 0 Å². The summed E-state index contributed by atoms with van der Waals surface area (Å²) >= 11 is 0. The van der Waals surface area contributed by atoms with Crippen LogP contribution in [0.4, 0.5) is 0 Å². The van der Waals surface area contributed by atoms with Crippen molar-refractivity contribution >= 4 is 22.8 Å². The second-order valence-corrected chi connectivity index (χ2v) is 8.56. The summed E-state index contributed by atoms with van der Waals surface area (Å²) < 4.78 is 19.1. The Labute approximate surface area is 208 Å². The highest BCUT2D eigenvalue weighted by Crippen LogP contribution is 2.24. The summed E-state index contributed by atoms with van der Waals surface area (Å²) in [6.07, 6.45) is -0.557. The minimum atomic E-state index is -1.95. The summed E-state index contributed by atoms with van der Waals surface area (Å²) in [5.74, 6) is -1.29. The summed E-state index contributed by atoms with van der Waals surface area (Å²) in [5, 5.41) is 0.451. The van der Waals surface area contributed by atoms with Crippen LogP contribution in [0.1, 0.15) is 26.3 Å². The number of nitrogens with zero attached hydrogens (tertiary/aromatic N) is 2. The SMILES string of the molecule is CCOC(=O)C(Cc1ccc(OCCn2c(=O)c3ccccc3n(C)c2=O)cc1)(OC(C)C)C(N)=O. The van der Waals surface area contributed by atoms with Gasteiger partial charge in [-0.1, -0.05) is 24.3 Å². The van der Waals surface area contributed by atoms with Crippen molar-refractivity contribution in [2.24, 2.45) is 12.8 Å². The molecule has 3 rings (SSSR count). The molecule has 10 nitrogen and oxygen atoms in total. The fourth-order valence-corrected chi connectivity index (χ4v) is 3.96. The van der Waals surface area contributed by atoms with Crippen LogP contribution in [0, 0.1) is 0 Å². The Morgan fingerprint density at radius 3 is 2.33 bits per heavy atom. The van der Waals surface area contributed by atoms with Gasteiger partial charge < -0.3 is 19.9 Å². The van der Waals surface area contributed by atoms with Crippen molar-refractivity contribution in [2.75, 3.05) is 13.2 Å². The minimum Gasteiger partial charge on any atom is -0.492 e. The van der Waals surface area contributed by atoms with Crippen molar-refractivity contribution in [3.63, 3.8) is 0 Å². The summed E-state index contributed by atoms with van der Waals surface area (Å²) in [6, 6.07) is 13.6. The number of benzene rings is 2. The number of amides is 1. The van der Waals surface area contributed by atoms with Crippen LogP contribution in [-0.4, -0.2) is 45.9 Å². The van der Waals surface area contributed by atoms with Gasteiger partial charge in [-0.3, -0.25) is 18.7 Å². The Bertz CT molecular complexity index is 1360. The molecule has 1 heterocycles. The first-order valence-corrected chi connectivity index (χ1v) is 11.7. The molecule has 2 N–H and O–H groups in total. The molecule has 2 aromatic carbocycles. The van der Waals surface area contributed by atoms with E-state index in [0.29, 0.717) is 22.2 Å². The van der Waals surface area contributed by atoms with E-state index in [0.717, 1.165) is 4.57 Å². The standard InChI is InChI=1S/C26H31N3O7/c1-5-34-24(32)26(23(27)31,36-17(2)3)16-18-10-12-19(13-11-18)35-15-14-29-22(30)20-8-6-7-9-21(20)28(4)25(29)33/h6-13,17H,5,14-16H2,1-4H3,(H2,27,31). The number of fused-ring (bicyclic) bond motifs is 1. The Morgan fingerprint density at radius 1 is 1.06 bits per heavy atom. The maximum atomic E-state index is 12.8. The molecule has 0 aliphatic heterocycles. The number of primary amides is 1. The molecule has 0 aliphatic carbocycles. The van der Waals surface area contributed by atoms with Gasteiger partial charge >= 0.3 is 11.7 Å². The van der Waals surface area contributed by atoms with Crippen LogP contribution in [0.5, 0.6) is 5.75 Å². The number of ether oxygens (including phenoxy) is 3. The smallest absolute Gasteiger partial charge is 0.348 e. The number of para-hydroxylation sites is 1. The van der Waals surface area contributed by atoms with E-state index in [1.54, 1.807) is 76.3 Å². The van der Waals surface area contributed by atoms with Crippen LogP contribution >= 0.6 is 0 Å². The number of nitrogens with two attached hydrogens (primary N) is 1. The molecule has 1 unspecified atom stereocenters. The number of esters is 1. The molecule has 1 atom stereocenters. The van der Waals surface area contributed by atoms with E-state index in [1.165, 1.54) is 4.57 Å². The first kappa shape index (κ1) is 26.7. The van der Waals surface area contributed by atoms with Crippen LogP contribution in [0.25, 0.3) is 10.9 Å². The van der Waals surface area contributed by atoms with Crippen LogP contribution < -0.4 is 21.7 Å². The quantitative estimate of drug-likeness (QED) is 0.314. The predicted octanol–water partition coefficient (Wildman–Crippen LogP) is 1.53. The zero-order valence-electron chi connectivity index (χ0n) is 20.9. The van der Waals surface area contributed by atoms with Gasteiger partial charge in [-0.15, -0.1) is 0 Å². The van der Waals surface area contributed by atoms with Gasteiger partial charge in [0.15, 0.2) is 0 Å². The van der Waals surface area contributed by atoms with Crippen molar-refractivity contribution in [1.82, 2.24) is 9.13 Å². The lowest BCUT2D eigenvalue weighted by molar-refractivity contribution is -0.182. The monoisotopic (exact) mass is 497 g/mol. The number of rotatable bonds is 11. The van der Waals surface area contributed by atoms with Crippen molar-refractivity contribution in [3.8, 4) is 5.75 Å². The zero-order valence-corrected chi connectivity index (χ0v) is 20.9. The van der Waals surface area contributed by atoms with E-state index in [2.05, 4.69) is 0 Å². The third kappa shape index (κ3) is 5.49. The van der Waals surface area contributed by atoms with Crippen LogP contribution in [0.15, 0.2) is 58.1 Å². The van der Waals surface area contributed by atoms with Crippen molar-refractivity contribution < 1.29 is 23.8 Å². The lowest BCUT2D eigenvalue weighted by atomic mass is 9.93. The fourth-order valence-electron chi connectivity index (χ4n) is 3.96. The molecule has 0 saturated heterocycles. The van der Waals surface area contributed by atoms with Gasteiger partial charge in [0.25, 0.3) is 11.5 Å². The molecule has 0 fully saturated rings. The highest BCUT2D eigenvalue weighted by atomic mass is 16.6. The average molecular weight is 498 g/mol. The van der Waals surface area contributed by atoms with Gasteiger partial charge in [0.05, 0.1) is 30.2 Å². The fraction of sp³-hybridized carbons (Fsp3) is 0.385. The highest BCUT2D eigenvalue weighted by molar-refractivity contribution is 6.05. The van der Waals surface area contributed by atoms with Gasteiger partial charge in [0, 0.05) is 13.5 Å². The van der Waals surface area contributed by atoms with E-state index in [-0.39, 0.29) is 31.7 Å². The van der Waals surface area contributed by atoms with Crippen LogP contribution in [-0.2, 0) is 39.1 Å². The number of carbonyl (C=O) groups is 2. The molecule has 36 heavy (non-hydrogen) atoms. The predicted molar refractivity (Wildman–Crippen MR) is 134 cm³/mol. The number of aryl methyl sites for hydroxylation is 1. The number of hydrogen-bond donors (Lipinski definition) is 1. The van der Waals surface area contributed by atoms with Gasteiger partial charge in [0.2, 0.25) is 5.60 Å². The molecule has 3 aromatic rings. The molecule has 0 aliphatic rings. The van der Waals surface area contributed by atoms with Gasteiger partial charge in [-0.2, -0.15) is 0 Å². The molecule has 0 saturated carbocycles. The van der Waals surface area contributed by atoms with E-state index in [1.807, 2.05) is 0 Å². The molecular weight excluding hydrogens is 466 g/mol. The first-order chi connectivity index (χ1) is 17.1. The molecule has 1 amide bonds. The zero-order chi connectivity index (χ0) is 26.5. The van der Waals surface area contributed by atoms with Crippen LogP contribution in [0.3, 0.4) is 0 Å². The van der Waals surface area contributed by atoms with Gasteiger partial charge in [0.1, 0.15) is 12.4 Å². The molecule has 192 valence electrons.